The van der Waals surface area contributed by atoms with E-state index in [-0.39, 0.29) is 18.6 Å². The van der Waals surface area contributed by atoms with Crippen molar-refractivity contribution in [2.75, 3.05) is 40.3 Å². The van der Waals surface area contributed by atoms with Crippen molar-refractivity contribution in [3.05, 3.63) is 35.4 Å². The van der Waals surface area contributed by atoms with E-state index in [2.05, 4.69) is 15.1 Å². The van der Waals surface area contributed by atoms with Crippen molar-refractivity contribution in [2.45, 2.75) is 31.8 Å². The Morgan fingerprint density at radius 2 is 2.22 bits per heavy atom. The summed E-state index contributed by atoms with van der Waals surface area (Å²) in [4.78, 5) is 16.7. The summed E-state index contributed by atoms with van der Waals surface area (Å²) in [5.74, 6) is -0.0248. The highest BCUT2D eigenvalue weighted by atomic mass is 16.3. The largest absolute Gasteiger partial charge is 0.395 e. The third-order valence-electron chi connectivity index (χ3n) is 4.33. The van der Waals surface area contributed by atoms with Crippen LogP contribution in [0, 0.1) is 0 Å². The lowest BCUT2D eigenvalue weighted by Crippen LogP contribution is -2.45. The zero-order chi connectivity index (χ0) is 16.7. The summed E-state index contributed by atoms with van der Waals surface area (Å²) in [6.07, 6.45) is 3.42. The Kier molecular flexibility index (Phi) is 7.02. The molecule has 1 heterocycles. The zero-order valence-electron chi connectivity index (χ0n) is 14.3. The van der Waals surface area contributed by atoms with E-state index in [0.29, 0.717) is 12.1 Å². The number of carbonyl (C=O) groups is 1. The molecule has 0 aromatic heterocycles. The third-order valence-corrected chi connectivity index (χ3v) is 4.33. The van der Waals surface area contributed by atoms with Gasteiger partial charge in [-0.25, -0.2) is 0 Å². The van der Waals surface area contributed by atoms with Crippen LogP contribution in [0.5, 0.6) is 0 Å². The number of hydrogen-bond acceptors (Lipinski definition) is 4. The van der Waals surface area contributed by atoms with Gasteiger partial charge in [-0.1, -0.05) is 18.6 Å². The third kappa shape index (κ3) is 5.61. The van der Waals surface area contributed by atoms with Crippen molar-refractivity contribution in [3.8, 4) is 0 Å². The lowest BCUT2D eigenvalue weighted by molar-refractivity contribution is 0.0849. The van der Waals surface area contributed by atoms with Crippen LogP contribution in [0.1, 0.15) is 35.2 Å². The van der Waals surface area contributed by atoms with E-state index >= 15 is 0 Å². The maximum atomic E-state index is 12.3. The normalized spacial score (nSPS) is 19.0. The monoisotopic (exact) mass is 319 g/mol. The number of aliphatic hydroxyl groups excluding tert-OH is 1. The van der Waals surface area contributed by atoms with Crippen LogP contribution in [0.3, 0.4) is 0 Å². The molecule has 2 N–H and O–H groups in total. The Morgan fingerprint density at radius 1 is 1.39 bits per heavy atom. The fourth-order valence-corrected chi connectivity index (χ4v) is 3.15. The SMILES string of the molecule is CN(C)Cc1cccc(C(=O)NCCN2CCCCC2CO)c1. The van der Waals surface area contributed by atoms with Crippen LogP contribution in [0.15, 0.2) is 24.3 Å². The predicted octanol–water partition coefficient (Wildman–Crippen LogP) is 1.32. The first kappa shape index (κ1) is 17.9. The first-order valence-electron chi connectivity index (χ1n) is 8.47. The number of carbonyl (C=O) groups excluding carboxylic acids is 1. The van der Waals surface area contributed by atoms with Crippen molar-refractivity contribution < 1.29 is 9.90 Å². The van der Waals surface area contributed by atoms with Crippen molar-refractivity contribution in [3.63, 3.8) is 0 Å². The van der Waals surface area contributed by atoms with E-state index in [0.717, 1.165) is 31.6 Å². The number of likely N-dealkylation sites (tertiary alicyclic amines) is 1. The summed E-state index contributed by atoms with van der Waals surface area (Å²) in [6.45, 7) is 3.47. The Balaban J connectivity index is 1.82. The number of benzene rings is 1. The summed E-state index contributed by atoms with van der Waals surface area (Å²) in [5.41, 5.74) is 1.85. The van der Waals surface area contributed by atoms with Crippen LogP contribution in [0.2, 0.25) is 0 Å². The van der Waals surface area contributed by atoms with Crippen molar-refractivity contribution in [1.82, 2.24) is 15.1 Å². The second-order valence-electron chi connectivity index (χ2n) is 6.56. The maximum Gasteiger partial charge on any atom is 0.251 e. The summed E-state index contributed by atoms with van der Waals surface area (Å²) >= 11 is 0. The molecule has 1 saturated heterocycles. The van der Waals surface area contributed by atoms with Gasteiger partial charge < -0.3 is 15.3 Å². The number of hydrogen-bond donors (Lipinski definition) is 2. The average molecular weight is 319 g/mol. The minimum atomic E-state index is -0.0248. The molecule has 1 amide bonds. The van der Waals surface area contributed by atoms with E-state index in [1.165, 1.54) is 12.8 Å². The van der Waals surface area contributed by atoms with Crippen LogP contribution in [0.25, 0.3) is 0 Å². The number of amides is 1. The molecular formula is C18H29N3O2. The van der Waals surface area contributed by atoms with Crippen molar-refractivity contribution >= 4 is 5.91 Å². The predicted molar refractivity (Wildman–Crippen MR) is 92.5 cm³/mol. The van der Waals surface area contributed by atoms with Gasteiger partial charge in [0.15, 0.2) is 0 Å². The highest BCUT2D eigenvalue weighted by Gasteiger charge is 2.21. The quantitative estimate of drug-likeness (QED) is 0.796. The van der Waals surface area contributed by atoms with Gasteiger partial charge in [0.1, 0.15) is 0 Å². The fourth-order valence-electron chi connectivity index (χ4n) is 3.15. The molecule has 128 valence electrons. The first-order valence-corrected chi connectivity index (χ1v) is 8.47. The van der Waals surface area contributed by atoms with Crippen molar-refractivity contribution in [2.24, 2.45) is 0 Å². The van der Waals surface area contributed by atoms with Gasteiger partial charge in [0.05, 0.1) is 6.61 Å². The van der Waals surface area contributed by atoms with Gasteiger partial charge in [0.25, 0.3) is 5.91 Å². The second-order valence-corrected chi connectivity index (χ2v) is 6.56. The van der Waals surface area contributed by atoms with E-state index < -0.39 is 0 Å². The molecule has 1 aliphatic rings. The second kappa shape index (κ2) is 9.01. The first-order chi connectivity index (χ1) is 11.1. The van der Waals surface area contributed by atoms with Gasteiger partial charge in [-0.3, -0.25) is 9.69 Å². The highest BCUT2D eigenvalue weighted by Crippen LogP contribution is 2.15. The summed E-state index contributed by atoms with van der Waals surface area (Å²) in [6, 6.07) is 8.03. The van der Waals surface area contributed by atoms with Crippen molar-refractivity contribution in [1.29, 1.82) is 0 Å². The van der Waals surface area contributed by atoms with Gasteiger partial charge >= 0.3 is 0 Å². The average Bonchev–Trinajstić information content (AvgIpc) is 2.55. The van der Waals surface area contributed by atoms with Crippen LogP contribution >= 0.6 is 0 Å². The van der Waals surface area contributed by atoms with E-state index in [1.807, 2.05) is 38.4 Å². The standard InChI is InChI=1S/C18H29N3O2/c1-20(2)13-15-6-5-7-16(12-15)18(23)19-9-11-21-10-4-3-8-17(21)14-22/h5-7,12,17,22H,3-4,8-11,13-14H2,1-2H3,(H,19,23). The minimum absolute atomic E-state index is 0.0248. The smallest absolute Gasteiger partial charge is 0.251 e. The zero-order valence-corrected chi connectivity index (χ0v) is 14.3. The summed E-state index contributed by atoms with van der Waals surface area (Å²) in [5, 5.41) is 12.4. The van der Waals surface area contributed by atoms with Gasteiger partial charge in [-0.2, -0.15) is 0 Å². The molecule has 1 aliphatic heterocycles. The molecule has 5 nitrogen and oxygen atoms in total. The molecule has 1 aromatic carbocycles. The molecule has 23 heavy (non-hydrogen) atoms. The molecule has 2 rings (SSSR count). The molecule has 5 heteroatoms. The fraction of sp³-hybridized carbons (Fsp3) is 0.611. The lowest BCUT2D eigenvalue weighted by Gasteiger charge is -2.34. The molecule has 0 bridgehead atoms. The van der Waals surface area contributed by atoms with Gasteiger partial charge in [0.2, 0.25) is 0 Å². The number of piperidine rings is 1. The molecule has 1 atom stereocenters. The molecule has 0 aliphatic carbocycles. The molecular weight excluding hydrogens is 290 g/mol. The van der Waals surface area contributed by atoms with Crippen LogP contribution < -0.4 is 5.32 Å². The molecule has 1 unspecified atom stereocenters. The van der Waals surface area contributed by atoms with Crippen LogP contribution in [-0.2, 0) is 6.54 Å². The van der Waals surface area contributed by atoms with Gasteiger partial charge in [0, 0.05) is 31.2 Å². The molecule has 0 radical (unpaired) electrons. The molecule has 1 fully saturated rings. The number of nitrogens with one attached hydrogen (secondary N) is 1. The topological polar surface area (TPSA) is 55.8 Å². The molecule has 0 saturated carbocycles. The van der Waals surface area contributed by atoms with E-state index in [1.54, 1.807) is 0 Å². The maximum absolute atomic E-state index is 12.3. The molecule has 1 aromatic rings. The Labute approximate surface area is 139 Å². The van der Waals surface area contributed by atoms with E-state index in [9.17, 15) is 9.90 Å². The summed E-state index contributed by atoms with van der Waals surface area (Å²) < 4.78 is 0. The van der Waals surface area contributed by atoms with Crippen LogP contribution in [0.4, 0.5) is 0 Å². The van der Waals surface area contributed by atoms with Gasteiger partial charge in [-0.15, -0.1) is 0 Å². The lowest BCUT2D eigenvalue weighted by atomic mass is 10.0. The Bertz CT molecular complexity index is 505. The highest BCUT2D eigenvalue weighted by molar-refractivity contribution is 5.94. The minimum Gasteiger partial charge on any atom is -0.395 e. The molecule has 0 spiro atoms. The van der Waals surface area contributed by atoms with E-state index in [4.69, 9.17) is 0 Å². The Hall–Kier alpha value is -1.43. The number of rotatable bonds is 7. The van der Waals surface area contributed by atoms with Crippen LogP contribution in [-0.4, -0.2) is 67.2 Å². The number of aliphatic hydroxyl groups is 1. The summed E-state index contributed by atoms with van der Waals surface area (Å²) in [7, 11) is 4.03. The Morgan fingerprint density at radius 3 is 2.96 bits per heavy atom. The van der Waals surface area contributed by atoms with Gasteiger partial charge in [-0.05, 0) is 51.2 Å². The number of nitrogens with zero attached hydrogens (tertiary/aromatic N) is 2.